The van der Waals surface area contributed by atoms with E-state index >= 15 is 0 Å². The molecule has 18 heavy (non-hydrogen) atoms. The molecular formula is C14H20FNO2. The molecule has 3 nitrogen and oxygen atoms in total. The molecule has 1 aromatic rings. The first-order valence-corrected chi connectivity index (χ1v) is 6.33. The van der Waals surface area contributed by atoms with Crippen LogP contribution in [0.1, 0.15) is 27.2 Å². The summed E-state index contributed by atoms with van der Waals surface area (Å²) in [4.78, 5) is 13.9. The average molecular weight is 253 g/mol. The molecule has 1 rings (SSSR count). The number of likely N-dealkylation sites (N-methyl/N-ethyl adjacent to an activating group) is 1. The van der Waals surface area contributed by atoms with E-state index in [4.69, 9.17) is 4.74 Å². The number of amides is 1. The minimum absolute atomic E-state index is 0.0215. The number of hydrogen-bond acceptors (Lipinski definition) is 2. The summed E-state index contributed by atoms with van der Waals surface area (Å²) in [6.07, 6.45) is 0.0857. The minimum Gasteiger partial charge on any atom is -0.481 e. The number of halogens is 1. The van der Waals surface area contributed by atoms with Crippen LogP contribution in [0.5, 0.6) is 5.75 Å². The summed E-state index contributed by atoms with van der Waals surface area (Å²) in [5.74, 6) is 0.182. The van der Waals surface area contributed by atoms with Crippen LogP contribution >= 0.6 is 0 Å². The maximum absolute atomic E-state index is 12.8. The first-order chi connectivity index (χ1) is 8.62. The number of rotatable bonds is 6. The fraction of sp³-hybridized carbons (Fsp3) is 0.500. The lowest BCUT2D eigenvalue weighted by molar-refractivity contribution is -0.138. The van der Waals surface area contributed by atoms with E-state index in [1.807, 2.05) is 20.8 Å². The van der Waals surface area contributed by atoms with Crippen LogP contribution in [0.15, 0.2) is 24.3 Å². The molecule has 0 aliphatic carbocycles. The number of carbonyl (C=O) groups excluding carboxylic acids is 1. The Morgan fingerprint density at radius 3 is 2.22 bits per heavy atom. The van der Waals surface area contributed by atoms with Crippen LogP contribution in [0.3, 0.4) is 0 Å². The minimum atomic E-state index is -0.504. The van der Waals surface area contributed by atoms with Crippen molar-refractivity contribution in [1.29, 1.82) is 0 Å². The van der Waals surface area contributed by atoms with Crippen molar-refractivity contribution in [2.75, 3.05) is 13.1 Å². The molecular weight excluding hydrogens is 233 g/mol. The Labute approximate surface area is 108 Å². The van der Waals surface area contributed by atoms with Crippen molar-refractivity contribution in [2.24, 2.45) is 0 Å². The van der Waals surface area contributed by atoms with E-state index < -0.39 is 6.10 Å². The zero-order valence-electron chi connectivity index (χ0n) is 11.1. The predicted octanol–water partition coefficient (Wildman–Crippen LogP) is 2.85. The third-order valence-corrected chi connectivity index (χ3v) is 2.81. The predicted molar refractivity (Wildman–Crippen MR) is 69.0 cm³/mol. The van der Waals surface area contributed by atoms with Crippen LogP contribution in [0.2, 0.25) is 0 Å². The average Bonchev–Trinajstić information content (AvgIpc) is 2.39. The molecule has 0 fully saturated rings. The molecule has 100 valence electrons. The SMILES string of the molecule is CC[C@@H](Oc1ccc(F)cc1)C(=O)N(CC)CC. The van der Waals surface area contributed by atoms with Gasteiger partial charge in [0.15, 0.2) is 6.10 Å². The van der Waals surface area contributed by atoms with Crippen molar-refractivity contribution >= 4 is 5.91 Å². The summed E-state index contributed by atoms with van der Waals surface area (Å²) >= 11 is 0. The number of carbonyl (C=O) groups is 1. The Kier molecular flexibility index (Phi) is 5.62. The normalized spacial score (nSPS) is 12.0. The van der Waals surface area contributed by atoms with Crippen molar-refractivity contribution in [3.8, 4) is 5.75 Å². The molecule has 0 saturated carbocycles. The molecule has 0 N–H and O–H groups in total. The van der Waals surface area contributed by atoms with E-state index in [2.05, 4.69) is 0 Å². The van der Waals surface area contributed by atoms with Gasteiger partial charge in [-0.25, -0.2) is 4.39 Å². The number of nitrogens with zero attached hydrogens (tertiary/aromatic N) is 1. The maximum Gasteiger partial charge on any atom is 0.263 e. The lowest BCUT2D eigenvalue weighted by Crippen LogP contribution is -2.41. The van der Waals surface area contributed by atoms with Crippen LogP contribution in [-0.4, -0.2) is 30.0 Å². The van der Waals surface area contributed by atoms with Crippen molar-refractivity contribution in [2.45, 2.75) is 33.3 Å². The molecule has 0 radical (unpaired) electrons. The second-order valence-corrected chi connectivity index (χ2v) is 3.98. The van der Waals surface area contributed by atoms with Crippen molar-refractivity contribution in [3.63, 3.8) is 0 Å². The zero-order chi connectivity index (χ0) is 13.5. The molecule has 0 aliphatic heterocycles. The monoisotopic (exact) mass is 253 g/mol. The Bertz CT molecular complexity index is 374. The van der Waals surface area contributed by atoms with Gasteiger partial charge >= 0.3 is 0 Å². The van der Waals surface area contributed by atoms with Gasteiger partial charge in [0.2, 0.25) is 0 Å². The Morgan fingerprint density at radius 1 is 1.22 bits per heavy atom. The van der Waals surface area contributed by atoms with E-state index in [-0.39, 0.29) is 11.7 Å². The van der Waals surface area contributed by atoms with Crippen LogP contribution in [0, 0.1) is 5.82 Å². The highest BCUT2D eigenvalue weighted by Gasteiger charge is 2.22. The topological polar surface area (TPSA) is 29.5 Å². The second kappa shape index (κ2) is 6.99. The highest BCUT2D eigenvalue weighted by atomic mass is 19.1. The number of benzene rings is 1. The molecule has 0 unspecified atom stereocenters. The Balaban J connectivity index is 2.72. The molecule has 0 bridgehead atoms. The molecule has 1 amide bonds. The summed E-state index contributed by atoms with van der Waals surface area (Å²) < 4.78 is 18.4. The Morgan fingerprint density at radius 2 is 1.78 bits per heavy atom. The van der Waals surface area contributed by atoms with Crippen LogP contribution in [0.4, 0.5) is 4.39 Å². The molecule has 1 aromatic carbocycles. The van der Waals surface area contributed by atoms with Crippen LogP contribution in [0.25, 0.3) is 0 Å². The van der Waals surface area contributed by atoms with E-state index in [1.54, 1.807) is 4.90 Å². The molecule has 4 heteroatoms. The van der Waals surface area contributed by atoms with Crippen LogP contribution in [-0.2, 0) is 4.79 Å². The fourth-order valence-electron chi connectivity index (χ4n) is 1.72. The van der Waals surface area contributed by atoms with Crippen molar-refractivity contribution in [1.82, 2.24) is 4.90 Å². The van der Waals surface area contributed by atoms with Gasteiger partial charge in [-0.15, -0.1) is 0 Å². The quantitative estimate of drug-likeness (QED) is 0.780. The van der Waals surface area contributed by atoms with Gasteiger partial charge < -0.3 is 9.64 Å². The fourth-order valence-corrected chi connectivity index (χ4v) is 1.72. The largest absolute Gasteiger partial charge is 0.481 e. The van der Waals surface area contributed by atoms with E-state index in [9.17, 15) is 9.18 Å². The summed E-state index contributed by atoms with van der Waals surface area (Å²) in [6, 6.07) is 5.72. The van der Waals surface area contributed by atoms with Gasteiger partial charge in [0, 0.05) is 13.1 Å². The summed E-state index contributed by atoms with van der Waals surface area (Å²) in [5, 5.41) is 0. The molecule has 0 spiro atoms. The zero-order valence-corrected chi connectivity index (χ0v) is 11.1. The maximum atomic E-state index is 12.8. The van der Waals surface area contributed by atoms with E-state index in [0.717, 1.165) is 0 Å². The summed E-state index contributed by atoms with van der Waals surface area (Å²) in [6.45, 7) is 7.10. The smallest absolute Gasteiger partial charge is 0.263 e. The third kappa shape index (κ3) is 3.72. The van der Waals surface area contributed by atoms with E-state index in [0.29, 0.717) is 25.3 Å². The van der Waals surface area contributed by atoms with Gasteiger partial charge in [0.05, 0.1) is 0 Å². The van der Waals surface area contributed by atoms with Gasteiger partial charge in [-0.3, -0.25) is 4.79 Å². The molecule has 1 atom stereocenters. The number of ether oxygens (including phenoxy) is 1. The summed E-state index contributed by atoms with van der Waals surface area (Å²) in [7, 11) is 0. The molecule has 0 saturated heterocycles. The van der Waals surface area contributed by atoms with Gasteiger partial charge in [0.1, 0.15) is 11.6 Å². The van der Waals surface area contributed by atoms with Crippen molar-refractivity contribution in [3.05, 3.63) is 30.1 Å². The van der Waals surface area contributed by atoms with Gasteiger partial charge in [-0.05, 0) is 44.5 Å². The highest BCUT2D eigenvalue weighted by molar-refractivity contribution is 5.81. The highest BCUT2D eigenvalue weighted by Crippen LogP contribution is 2.15. The van der Waals surface area contributed by atoms with Crippen molar-refractivity contribution < 1.29 is 13.9 Å². The molecule has 0 aromatic heterocycles. The van der Waals surface area contributed by atoms with Gasteiger partial charge in [0.25, 0.3) is 5.91 Å². The lowest BCUT2D eigenvalue weighted by Gasteiger charge is -2.25. The Hall–Kier alpha value is -1.58. The van der Waals surface area contributed by atoms with Gasteiger partial charge in [-0.2, -0.15) is 0 Å². The summed E-state index contributed by atoms with van der Waals surface area (Å²) in [5.41, 5.74) is 0. The standard InChI is InChI=1S/C14H20FNO2/c1-4-13(14(17)16(5-2)6-3)18-12-9-7-11(15)8-10-12/h7-10,13H,4-6H2,1-3H3/t13-/m1/s1. The first kappa shape index (κ1) is 14.5. The van der Waals surface area contributed by atoms with Gasteiger partial charge in [-0.1, -0.05) is 6.92 Å². The number of hydrogen-bond donors (Lipinski definition) is 0. The van der Waals surface area contributed by atoms with Crippen LogP contribution < -0.4 is 4.74 Å². The molecule has 0 heterocycles. The first-order valence-electron chi connectivity index (χ1n) is 6.33. The second-order valence-electron chi connectivity index (χ2n) is 3.98. The lowest BCUT2D eigenvalue weighted by atomic mass is 10.2. The molecule has 0 aliphatic rings. The van der Waals surface area contributed by atoms with E-state index in [1.165, 1.54) is 24.3 Å². The third-order valence-electron chi connectivity index (χ3n) is 2.81.